The summed E-state index contributed by atoms with van der Waals surface area (Å²) in [7, 11) is 0. The number of hydroxylamine groups is 2. The fourth-order valence-electron chi connectivity index (χ4n) is 3.05. The Labute approximate surface area is 222 Å². The van der Waals surface area contributed by atoms with Crippen molar-refractivity contribution in [1.29, 1.82) is 0 Å². The van der Waals surface area contributed by atoms with Crippen molar-refractivity contribution in [3.8, 4) is 0 Å². The molecular formula is C21H38ClN7O4S2. The molecule has 11 nitrogen and oxygen atoms in total. The van der Waals surface area contributed by atoms with Crippen molar-refractivity contribution in [2.75, 3.05) is 37.1 Å². The topological polar surface area (TPSA) is 157 Å². The zero-order valence-electron chi connectivity index (χ0n) is 21.1. The SMILES string of the molecule is CCN=C=NC(CC)CC1N(OC(=O)C(N)(CCSC)N=C=NCC)OC(=O)C1(N)CCSC.Cl. The first kappa shape index (κ1) is 33.6. The number of hydrogen-bond donors (Lipinski definition) is 2. The zero-order chi connectivity index (χ0) is 25.6. The molecule has 0 aliphatic carbocycles. The Kier molecular flexibility index (Phi) is 16.4. The first-order chi connectivity index (χ1) is 16.2. The lowest BCUT2D eigenvalue weighted by molar-refractivity contribution is -0.326. The van der Waals surface area contributed by atoms with E-state index < -0.39 is 29.2 Å². The van der Waals surface area contributed by atoms with Crippen LogP contribution in [0.4, 0.5) is 0 Å². The second-order valence-corrected chi connectivity index (χ2v) is 9.67. The number of halogens is 1. The molecule has 0 bridgehead atoms. The number of carbonyl (C=O) groups excluding carboxylic acids is 2. The molecule has 1 heterocycles. The van der Waals surface area contributed by atoms with Crippen LogP contribution in [0.5, 0.6) is 0 Å². The Morgan fingerprint density at radius 1 is 1.23 bits per heavy atom. The second kappa shape index (κ2) is 17.1. The minimum Gasteiger partial charge on any atom is -0.330 e. The van der Waals surface area contributed by atoms with Crippen LogP contribution in [-0.2, 0) is 19.3 Å². The molecule has 4 atom stereocenters. The minimum absolute atomic E-state index is 0. The van der Waals surface area contributed by atoms with Gasteiger partial charge < -0.3 is 15.4 Å². The van der Waals surface area contributed by atoms with E-state index in [-0.39, 0.29) is 31.3 Å². The van der Waals surface area contributed by atoms with Gasteiger partial charge in [0, 0.05) is 24.7 Å². The quantitative estimate of drug-likeness (QED) is 0.291. The van der Waals surface area contributed by atoms with Crippen LogP contribution in [0.25, 0.3) is 0 Å². The zero-order valence-corrected chi connectivity index (χ0v) is 23.5. The lowest BCUT2D eigenvalue weighted by Crippen LogP contribution is -2.57. The Hall–Kier alpha value is -1.43. The van der Waals surface area contributed by atoms with Crippen LogP contribution in [0.3, 0.4) is 0 Å². The maximum atomic E-state index is 13.1. The summed E-state index contributed by atoms with van der Waals surface area (Å²) < 4.78 is 0. The average Bonchev–Trinajstić information content (AvgIpc) is 3.05. The Morgan fingerprint density at radius 2 is 1.86 bits per heavy atom. The lowest BCUT2D eigenvalue weighted by atomic mass is 9.85. The van der Waals surface area contributed by atoms with Crippen molar-refractivity contribution in [2.45, 2.75) is 69.7 Å². The van der Waals surface area contributed by atoms with Crippen molar-refractivity contribution >= 4 is 59.9 Å². The van der Waals surface area contributed by atoms with Gasteiger partial charge in [-0.1, -0.05) is 6.92 Å². The maximum absolute atomic E-state index is 13.1. The van der Waals surface area contributed by atoms with Gasteiger partial charge in [0.15, 0.2) is 0 Å². The van der Waals surface area contributed by atoms with Gasteiger partial charge in [0.05, 0.1) is 18.1 Å². The Balaban J connectivity index is 0.0000116. The summed E-state index contributed by atoms with van der Waals surface area (Å²) in [4.78, 5) is 53.0. The van der Waals surface area contributed by atoms with Crippen molar-refractivity contribution in [3.63, 3.8) is 0 Å². The van der Waals surface area contributed by atoms with Crippen molar-refractivity contribution in [3.05, 3.63) is 0 Å². The number of aliphatic imine (C=N–C) groups is 4. The lowest BCUT2D eigenvalue weighted by Gasteiger charge is -2.31. The van der Waals surface area contributed by atoms with Gasteiger partial charge in [-0.25, -0.2) is 24.6 Å². The average molecular weight is 552 g/mol. The molecule has 0 spiro atoms. The van der Waals surface area contributed by atoms with Crippen molar-refractivity contribution < 1.29 is 19.3 Å². The van der Waals surface area contributed by atoms with Gasteiger partial charge >= 0.3 is 11.9 Å². The molecule has 14 heteroatoms. The van der Waals surface area contributed by atoms with Crippen LogP contribution in [0.1, 0.15) is 46.5 Å². The van der Waals surface area contributed by atoms with Gasteiger partial charge in [0.1, 0.15) is 11.6 Å². The van der Waals surface area contributed by atoms with E-state index in [4.69, 9.17) is 21.1 Å². The summed E-state index contributed by atoms with van der Waals surface area (Å²) in [6.45, 7) is 6.63. The summed E-state index contributed by atoms with van der Waals surface area (Å²) in [5.74, 6) is -0.406. The monoisotopic (exact) mass is 551 g/mol. The summed E-state index contributed by atoms with van der Waals surface area (Å²) >= 11 is 3.05. The predicted molar refractivity (Wildman–Crippen MR) is 144 cm³/mol. The molecule has 1 fully saturated rings. The fraction of sp³-hybridized carbons (Fsp3) is 0.810. The highest BCUT2D eigenvalue weighted by Gasteiger charge is 2.57. The third-order valence-electron chi connectivity index (χ3n) is 5.25. The highest BCUT2D eigenvalue weighted by atomic mass is 35.5. The van der Waals surface area contributed by atoms with E-state index in [1.54, 1.807) is 11.8 Å². The van der Waals surface area contributed by atoms with Gasteiger partial charge in [0.2, 0.25) is 5.66 Å². The van der Waals surface area contributed by atoms with Crippen LogP contribution >= 0.6 is 35.9 Å². The minimum atomic E-state index is -1.74. The predicted octanol–water partition coefficient (Wildman–Crippen LogP) is 2.42. The molecule has 1 aliphatic rings. The van der Waals surface area contributed by atoms with Crippen molar-refractivity contribution in [1.82, 2.24) is 5.23 Å². The number of thioether (sulfide) groups is 2. The molecule has 0 saturated carbocycles. The number of carbonyl (C=O) groups is 2. The number of nitrogens with zero attached hydrogens (tertiary/aromatic N) is 5. The molecule has 1 aliphatic heterocycles. The van der Waals surface area contributed by atoms with E-state index in [1.807, 2.05) is 33.3 Å². The molecule has 4 N–H and O–H groups in total. The number of hydrogen-bond acceptors (Lipinski definition) is 13. The smallest absolute Gasteiger partial charge is 0.330 e. The summed E-state index contributed by atoms with van der Waals surface area (Å²) in [5, 5.41) is 0.868. The van der Waals surface area contributed by atoms with E-state index in [9.17, 15) is 9.59 Å². The fourth-order valence-corrected chi connectivity index (χ4v) is 4.11. The Morgan fingerprint density at radius 3 is 2.43 bits per heavy atom. The highest BCUT2D eigenvalue weighted by molar-refractivity contribution is 7.98. The van der Waals surface area contributed by atoms with E-state index in [1.165, 1.54) is 11.8 Å². The molecular weight excluding hydrogens is 514 g/mol. The summed E-state index contributed by atoms with van der Waals surface area (Å²) in [5.41, 5.74) is 9.68. The van der Waals surface area contributed by atoms with E-state index in [0.29, 0.717) is 37.4 Å². The summed E-state index contributed by atoms with van der Waals surface area (Å²) in [6.07, 6.45) is 5.24. The molecule has 0 amide bonds. The summed E-state index contributed by atoms with van der Waals surface area (Å²) in [6, 6.07) is 4.07. The first-order valence-corrected chi connectivity index (χ1v) is 14.0. The van der Waals surface area contributed by atoms with E-state index in [2.05, 4.69) is 32.0 Å². The second-order valence-electron chi connectivity index (χ2n) is 7.70. The normalized spacial score (nSPS) is 21.9. The van der Waals surface area contributed by atoms with Crippen LogP contribution in [-0.4, -0.2) is 89.6 Å². The molecule has 0 aromatic heterocycles. The van der Waals surface area contributed by atoms with Gasteiger partial charge in [-0.15, -0.1) is 12.4 Å². The molecule has 0 radical (unpaired) electrons. The van der Waals surface area contributed by atoms with Crippen LogP contribution < -0.4 is 11.5 Å². The van der Waals surface area contributed by atoms with Crippen LogP contribution in [0.15, 0.2) is 20.0 Å². The largest absolute Gasteiger partial charge is 0.371 e. The number of rotatable bonds is 15. The molecule has 4 unspecified atom stereocenters. The first-order valence-electron chi connectivity index (χ1n) is 11.3. The maximum Gasteiger partial charge on any atom is 0.371 e. The molecule has 35 heavy (non-hydrogen) atoms. The third-order valence-corrected chi connectivity index (χ3v) is 6.47. The van der Waals surface area contributed by atoms with E-state index in [0.717, 1.165) is 5.23 Å². The van der Waals surface area contributed by atoms with Crippen LogP contribution in [0, 0.1) is 0 Å². The third kappa shape index (κ3) is 9.86. The van der Waals surface area contributed by atoms with Gasteiger partial charge in [-0.2, -0.15) is 28.5 Å². The standard InChI is InChI=1S/C21H37N7O4S2.ClH/c1-6-16(26-14-24-7-2)13-17-20(22,9-11-33-4)18(29)31-28(17)32-19(30)21(23,10-12-34-5)27-15-25-8-3;/h16-17H,6-13,22-23H2,1-5H3;1H. The van der Waals surface area contributed by atoms with E-state index >= 15 is 0 Å². The highest BCUT2D eigenvalue weighted by Crippen LogP contribution is 2.34. The van der Waals surface area contributed by atoms with Gasteiger partial charge in [-0.05, 0) is 57.1 Å². The van der Waals surface area contributed by atoms with Gasteiger partial charge in [-0.3, -0.25) is 5.73 Å². The van der Waals surface area contributed by atoms with Crippen molar-refractivity contribution in [2.24, 2.45) is 31.4 Å². The molecule has 0 aromatic rings. The molecule has 200 valence electrons. The number of nitrogens with two attached hydrogens (primary N) is 2. The van der Waals surface area contributed by atoms with Crippen LogP contribution in [0.2, 0.25) is 0 Å². The molecule has 1 rings (SSSR count). The Bertz CT molecular complexity index is 809. The molecule has 1 saturated heterocycles. The van der Waals surface area contributed by atoms with Gasteiger partial charge in [0.25, 0.3) is 0 Å². The molecule has 0 aromatic carbocycles.